The number of carbonyl (C=O) groups is 2. The van der Waals surface area contributed by atoms with Crippen LogP contribution in [0.2, 0.25) is 0 Å². The van der Waals surface area contributed by atoms with Crippen molar-refractivity contribution < 1.29 is 22.7 Å². The average Bonchev–Trinajstić information content (AvgIpc) is 3.05. The lowest BCUT2D eigenvalue weighted by Gasteiger charge is -2.34. The minimum absolute atomic E-state index is 0.101. The second-order valence-electron chi connectivity index (χ2n) is 11.5. The molecule has 0 unspecified atom stereocenters. The number of rotatable bonds is 15. The molecule has 4 aromatic carbocycles. The molecule has 0 saturated heterocycles. The normalized spacial score (nSPS) is 12.5. The average molecular weight is 642 g/mol. The fourth-order valence-electron chi connectivity index (χ4n) is 5.03. The Labute approximate surface area is 273 Å². The van der Waals surface area contributed by atoms with Gasteiger partial charge in [-0.15, -0.1) is 0 Å². The summed E-state index contributed by atoms with van der Waals surface area (Å²) in [5.41, 5.74) is 4.05. The summed E-state index contributed by atoms with van der Waals surface area (Å²) in [6, 6.07) is 32.6. The van der Waals surface area contributed by atoms with E-state index in [0.29, 0.717) is 18.0 Å². The molecule has 0 fully saturated rings. The van der Waals surface area contributed by atoms with Gasteiger partial charge in [0.25, 0.3) is 0 Å². The molecule has 9 heteroatoms. The number of anilines is 1. The number of sulfonamides is 1. The summed E-state index contributed by atoms with van der Waals surface area (Å²) >= 11 is 0. The molecule has 4 aromatic rings. The number of carbonyl (C=O) groups excluding carboxylic acids is 2. The van der Waals surface area contributed by atoms with Crippen LogP contribution in [0, 0.1) is 6.92 Å². The van der Waals surface area contributed by atoms with Crippen molar-refractivity contribution in [1.29, 1.82) is 0 Å². The molecule has 0 bridgehead atoms. The molecule has 46 heavy (non-hydrogen) atoms. The molecule has 0 aliphatic rings. The van der Waals surface area contributed by atoms with E-state index in [1.54, 1.807) is 24.3 Å². The van der Waals surface area contributed by atoms with Crippen LogP contribution >= 0.6 is 0 Å². The third-order valence-electron chi connectivity index (χ3n) is 7.93. The van der Waals surface area contributed by atoms with E-state index in [4.69, 9.17) is 4.74 Å². The number of benzene rings is 4. The summed E-state index contributed by atoms with van der Waals surface area (Å²) in [7, 11) is -3.88. The van der Waals surface area contributed by atoms with Gasteiger partial charge in [-0.25, -0.2) is 8.42 Å². The minimum Gasteiger partial charge on any atom is -0.489 e. The molecule has 0 saturated carbocycles. The van der Waals surface area contributed by atoms with Gasteiger partial charge >= 0.3 is 0 Å². The molecular formula is C37H43N3O5S. The Hall–Kier alpha value is -4.63. The van der Waals surface area contributed by atoms with Crippen molar-refractivity contribution in [2.45, 2.75) is 58.8 Å². The SMILES string of the molecule is CC[C@H](C)NC(=O)[C@H](Cc1ccccc1)N(Cc1ccccc1C)C(=O)CN(c1ccc(OCc2ccccc2)cc1)S(C)(=O)=O. The smallest absolute Gasteiger partial charge is 0.244 e. The zero-order valence-corrected chi connectivity index (χ0v) is 27.7. The number of ether oxygens (including phenoxy) is 1. The van der Waals surface area contributed by atoms with Gasteiger partial charge in [-0.1, -0.05) is 91.9 Å². The molecule has 0 aromatic heterocycles. The summed E-state index contributed by atoms with van der Waals surface area (Å²) < 4.78 is 33.2. The van der Waals surface area contributed by atoms with Gasteiger partial charge in [0, 0.05) is 19.0 Å². The first-order valence-electron chi connectivity index (χ1n) is 15.5. The Morgan fingerprint density at radius 3 is 2.00 bits per heavy atom. The Bertz CT molecular complexity index is 1680. The van der Waals surface area contributed by atoms with Gasteiger partial charge in [0.05, 0.1) is 11.9 Å². The summed E-state index contributed by atoms with van der Waals surface area (Å²) in [6.45, 7) is 5.88. The van der Waals surface area contributed by atoms with Crippen molar-refractivity contribution in [2.24, 2.45) is 0 Å². The predicted molar refractivity (Wildman–Crippen MR) is 183 cm³/mol. The highest BCUT2D eigenvalue weighted by Gasteiger charge is 2.33. The van der Waals surface area contributed by atoms with Crippen molar-refractivity contribution in [3.63, 3.8) is 0 Å². The van der Waals surface area contributed by atoms with E-state index < -0.39 is 28.5 Å². The van der Waals surface area contributed by atoms with Crippen molar-refractivity contribution in [3.05, 3.63) is 131 Å². The zero-order chi connectivity index (χ0) is 33.1. The summed E-state index contributed by atoms with van der Waals surface area (Å²) in [5.74, 6) is -0.206. The van der Waals surface area contributed by atoms with Crippen molar-refractivity contribution >= 4 is 27.5 Å². The van der Waals surface area contributed by atoms with Crippen LogP contribution in [0.5, 0.6) is 5.75 Å². The molecule has 242 valence electrons. The molecule has 4 rings (SSSR count). The molecule has 2 atom stereocenters. The van der Waals surface area contributed by atoms with E-state index in [-0.39, 0.29) is 24.9 Å². The van der Waals surface area contributed by atoms with E-state index in [2.05, 4.69) is 5.32 Å². The van der Waals surface area contributed by atoms with Gasteiger partial charge in [0.2, 0.25) is 21.8 Å². The van der Waals surface area contributed by atoms with Crippen molar-refractivity contribution in [1.82, 2.24) is 10.2 Å². The molecule has 8 nitrogen and oxygen atoms in total. The highest BCUT2D eigenvalue weighted by molar-refractivity contribution is 7.92. The summed E-state index contributed by atoms with van der Waals surface area (Å²) in [4.78, 5) is 29.7. The molecule has 2 amide bonds. The van der Waals surface area contributed by atoms with Gasteiger partial charge in [-0.3, -0.25) is 13.9 Å². The molecule has 0 aliphatic carbocycles. The topological polar surface area (TPSA) is 96.0 Å². The van der Waals surface area contributed by atoms with E-state index >= 15 is 0 Å². The fraction of sp³-hybridized carbons (Fsp3) is 0.297. The van der Waals surface area contributed by atoms with Crippen LogP contribution < -0.4 is 14.4 Å². The standard InChI is InChI=1S/C37H43N3O5S/c1-5-29(3)38-37(42)35(24-30-15-8-6-9-16-30)39(25-32-19-13-12-14-28(32)2)36(41)26-40(46(4,43)44)33-20-22-34(23-21-33)45-27-31-17-10-7-11-18-31/h6-23,29,35H,5,24-27H2,1-4H3,(H,38,42)/t29-,35-/m0/s1. The summed E-state index contributed by atoms with van der Waals surface area (Å²) in [5, 5.41) is 3.05. The predicted octanol–water partition coefficient (Wildman–Crippen LogP) is 5.89. The second-order valence-corrected chi connectivity index (χ2v) is 13.4. The number of nitrogens with one attached hydrogen (secondary N) is 1. The number of aryl methyl sites for hydroxylation is 1. The third-order valence-corrected chi connectivity index (χ3v) is 9.07. The second kappa shape index (κ2) is 16.1. The first-order valence-corrected chi connectivity index (χ1v) is 17.3. The lowest BCUT2D eigenvalue weighted by atomic mass is 10.0. The Balaban J connectivity index is 1.65. The number of amides is 2. The van der Waals surface area contributed by atoms with Crippen LogP contribution in [0.4, 0.5) is 5.69 Å². The molecule has 0 spiro atoms. The fourth-order valence-corrected chi connectivity index (χ4v) is 5.88. The maximum absolute atomic E-state index is 14.3. The van der Waals surface area contributed by atoms with Crippen molar-refractivity contribution in [2.75, 3.05) is 17.1 Å². The monoisotopic (exact) mass is 641 g/mol. The number of hydrogen-bond acceptors (Lipinski definition) is 5. The molecular weight excluding hydrogens is 598 g/mol. The maximum atomic E-state index is 14.3. The highest BCUT2D eigenvalue weighted by Crippen LogP contribution is 2.24. The van der Waals surface area contributed by atoms with Crippen LogP contribution in [-0.4, -0.2) is 50.0 Å². The highest BCUT2D eigenvalue weighted by atomic mass is 32.2. The van der Waals surface area contributed by atoms with E-state index in [0.717, 1.165) is 39.2 Å². The maximum Gasteiger partial charge on any atom is 0.244 e. The van der Waals surface area contributed by atoms with Crippen LogP contribution in [0.25, 0.3) is 0 Å². The van der Waals surface area contributed by atoms with Crippen LogP contribution in [0.1, 0.15) is 42.5 Å². The molecule has 0 radical (unpaired) electrons. The molecule has 0 heterocycles. The largest absolute Gasteiger partial charge is 0.489 e. The lowest BCUT2D eigenvalue weighted by Crippen LogP contribution is -2.54. The van der Waals surface area contributed by atoms with Gasteiger partial charge < -0.3 is 15.0 Å². The van der Waals surface area contributed by atoms with Gasteiger partial charge in [0.1, 0.15) is 24.9 Å². The molecule has 1 N–H and O–H groups in total. The minimum atomic E-state index is -3.88. The number of nitrogens with zero attached hydrogens (tertiary/aromatic N) is 2. The quantitative estimate of drug-likeness (QED) is 0.175. The third kappa shape index (κ3) is 9.68. The van der Waals surface area contributed by atoms with E-state index in [9.17, 15) is 18.0 Å². The van der Waals surface area contributed by atoms with Gasteiger partial charge in [0.15, 0.2) is 0 Å². The van der Waals surface area contributed by atoms with Gasteiger partial charge in [-0.2, -0.15) is 0 Å². The Morgan fingerprint density at radius 1 is 0.826 bits per heavy atom. The Morgan fingerprint density at radius 2 is 1.41 bits per heavy atom. The lowest BCUT2D eigenvalue weighted by molar-refractivity contribution is -0.140. The Kier molecular flexibility index (Phi) is 12.0. The van der Waals surface area contributed by atoms with Crippen molar-refractivity contribution in [3.8, 4) is 5.75 Å². The van der Waals surface area contributed by atoms with Gasteiger partial charge in [-0.05, 0) is 66.8 Å². The first kappa shape index (κ1) is 34.2. The first-order chi connectivity index (χ1) is 22.0. The number of hydrogen-bond donors (Lipinski definition) is 1. The summed E-state index contributed by atoms with van der Waals surface area (Å²) in [6.07, 6.45) is 2.07. The molecule has 0 aliphatic heterocycles. The van der Waals surface area contributed by atoms with Crippen LogP contribution in [0.3, 0.4) is 0 Å². The van der Waals surface area contributed by atoms with E-state index in [1.807, 2.05) is 106 Å². The van der Waals surface area contributed by atoms with Crippen LogP contribution in [0.15, 0.2) is 109 Å². The zero-order valence-electron chi connectivity index (χ0n) is 26.9. The van der Waals surface area contributed by atoms with Crippen LogP contribution in [-0.2, 0) is 39.2 Å². The van der Waals surface area contributed by atoms with E-state index in [1.165, 1.54) is 4.90 Å².